The molecule has 20 heavy (non-hydrogen) atoms. The summed E-state index contributed by atoms with van der Waals surface area (Å²) in [7, 11) is 3.35. The van der Waals surface area contributed by atoms with Crippen molar-refractivity contribution in [3.05, 3.63) is 22.2 Å². The molecule has 1 aromatic carbocycles. The second kappa shape index (κ2) is 5.51. The second-order valence-electron chi connectivity index (χ2n) is 4.32. The maximum Gasteiger partial charge on any atom is 0.300 e. The van der Waals surface area contributed by atoms with E-state index in [1.807, 2.05) is 0 Å². The molecule has 0 saturated heterocycles. The topological polar surface area (TPSA) is 114 Å². The van der Waals surface area contributed by atoms with Crippen molar-refractivity contribution in [3.63, 3.8) is 0 Å². The first-order valence-corrected chi connectivity index (χ1v) is 5.84. The van der Waals surface area contributed by atoms with E-state index in [2.05, 4.69) is 20.3 Å². The lowest BCUT2D eigenvalue weighted by atomic mass is 10.2. The molecule has 0 fully saturated rings. The minimum atomic E-state index is -0.550. The maximum atomic E-state index is 11.4. The molecular weight excluding hydrogens is 266 g/mol. The van der Waals surface area contributed by atoms with Crippen LogP contribution >= 0.6 is 0 Å². The number of non-ortho nitro benzene ring substituents is 1. The van der Waals surface area contributed by atoms with Crippen molar-refractivity contribution in [2.45, 2.75) is 6.42 Å². The molecule has 2 aromatic rings. The average molecular weight is 279 g/mol. The van der Waals surface area contributed by atoms with Crippen LogP contribution < -0.4 is 5.32 Å². The third-order valence-corrected chi connectivity index (χ3v) is 2.74. The molecule has 9 heteroatoms. The van der Waals surface area contributed by atoms with E-state index in [0.29, 0.717) is 18.7 Å². The van der Waals surface area contributed by atoms with E-state index in [0.717, 1.165) is 0 Å². The SMILES string of the molecule is CN(C)C(=O)CCNc1ccc([N+](=O)[O-])c2nonc12. The Hall–Kier alpha value is -2.71. The van der Waals surface area contributed by atoms with Gasteiger partial charge < -0.3 is 10.2 Å². The summed E-state index contributed by atoms with van der Waals surface area (Å²) < 4.78 is 4.54. The van der Waals surface area contributed by atoms with Crippen LogP contribution in [0.2, 0.25) is 0 Å². The number of hydrogen-bond donors (Lipinski definition) is 1. The van der Waals surface area contributed by atoms with Crippen molar-refractivity contribution in [2.75, 3.05) is 26.0 Å². The number of carbonyl (C=O) groups is 1. The molecule has 2 rings (SSSR count). The van der Waals surface area contributed by atoms with E-state index in [9.17, 15) is 14.9 Å². The molecule has 0 spiro atoms. The molecule has 1 heterocycles. The number of rotatable bonds is 5. The number of fused-ring (bicyclic) bond motifs is 1. The number of nitrogens with zero attached hydrogens (tertiary/aromatic N) is 4. The highest BCUT2D eigenvalue weighted by atomic mass is 16.6. The van der Waals surface area contributed by atoms with Crippen molar-refractivity contribution in [2.24, 2.45) is 0 Å². The van der Waals surface area contributed by atoms with Gasteiger partial charge in [-0.1, -0.05) is 0 Å². The van der Waals surface area contributed by atoms with Crippen LogP contribution in [0.4, 0.5) is 11.4 Å². The van der Waals surface area contributed by atoms with Crippen LogP contribution in [0.1, 0.15) is 6.42 Å². The fourth-order valence-electron chi connectivity index (χ4n) is 1.67. The standard InChI is InChI=1S/C11H13N5O4/c1-15(2)9(17)5-6-12-7-3-4-8(16(18)19)11-10(7)13-20-14-11/h3-4,12H,5-6H2,1-2H3. The molecule has 9 nitrogen and oxygen atoms in total. The Morgan fingerprint density at radius 1 is 1.40 bits per heavy atom. The Kier molecular flexibility index (Phi) is 3.78. The molecule has 0 radical (unpaired) electrons. The average Bonchev–Trinajstić information content (AvgIpc) is 2.87. The van der Waals surface area contributed by atoms with Crippen LogP contribution in [0, 0.1) is 10.1 Å². The number of nitro groups is 1. The van der Waals surface area contributed by atoms with Gasteiger partial charge in [-0.25, -0.2) is 4.63 Å². The number of carbonyl (C=O) groups excluding carboxylic acids is 1. The summed E-state index contributed by atoms with van der Waals surface area (Å²) in [4.78, 5) is 23.2. The number of hydrogen-bond acceptors (Lipinski definition) is 7. The van der Waals surface area contributed by atoms with Crippen LogP contribution in [0.5, 0.6) is 0 Å². The summed E-state index contributed by atoms with van der Waals surface area (Å²) in [6.45, 7) is 0.386. The van der Waals surface area contributed by atoms with Gasteiger partial charge in [0, 0.05) is 33.1 Å². The molecule has 1 aromatic heterocycles. The van der Waals surface area contributed by atoms with Gasteiger partial charge in [-0.2, -0.15) is 0 Å². The Morgan fingerprint density at radius 2 is 2.10 bits per heavy atom. The third-order valence-electron chi connectivity index (χ3n) is 2.74. The summed E-state index contributed by atoms with van der Waals surface area (Å²) in [5.41, 5.74) is 0.727. The number of benzene rings is 1. The lowest BCUT2D eigenvalue weighted by Crippen LogP contribution is -2.23. The van der Waals surface area contributed by atoms with E-state index >= 15 is 0 Å². The lowest BCUT2D eigenvalue weighted by Gasteiger charge is -2.11. The van der Waals surface area contributed by atoms with Crippen LogP contribution in [-0.2, 0) is 4.79 Å². The first-order valence-electron chi connectivity index (χ1n) is 5.84. The lowest BCUT2D eigenvalue weighted by molar-refractivity contribution is -0.383. The molecule has 106 valence electrons. The molecule has 0 aliphatic carbocycles. The highest BCUT2D eigenvalue weighted by Crippen LogP contribution is 2.28. The minimum absolute atomic E-state index is 0.0195. The molecule has 0 bridgehead atoms. The van der Waals surface area contributed by atoms with Crippen LogP contribution in [-0.4, -0.2) is 46.7 Å². The van der Waals surface area contributed by atoms with Crippen molar-refractivity contribution in [1.29, 1.82) is 0 Å². The quantitative estimate of drug-likeness (QED) is 0.641. The number of aromatic nitrogens is 2. The summed E-state index contributed by atoms with van der Waals surface area (Å²) >= 11 is 0. The molecule has 0 aliphatic rings. The predicted octanol–water partition coefficient (Wildman–Crippen LogP) is 1.02. The van der Waals surface area contributed by atoms with E-state index in [-0.39, 0.29) is 22.6 Å². The Bertz CT molecular complexity index is 651. The Labute approximate surface area is 113 Å². The predicted molar refractivity (Wildman–Crippen MR) is 70.3 cm³/mol. The minimum Gasteiger partial charge on any atom is -0.383 e. The molecule has 0 aliphatic heterocycles. The second-order valence-corrected chi connectivity index (χ2v) is 4.32. The molecule has 0 unspecified atom stereocenters. The smallest absolute Gasteiger partial charge is 0.300 e. The zero-order valence-corrected chi connectivity index (χ0v) is 11.0. The van der Waals surface area contributed by atoms with Crippen molar-refractivity contribution >= 4 is 28.3 Å². The summed E-state index contributed by atoms with van der Waals surface area (Å²) in [6.07, 6.45) is 0.302. The fourth-order valence-corrected chi connectivity index (χ4v) is 1.67. The highest BCUT2D eigenvalue weighted by molar-refractivity contribution is 5.93. The largest absolute Gasteiger partial charge is 0.383 e. The zero-order chi connectivity index (χ0) is 14.7. The van der Waals surface area contributed by atoms with Gasteiger partial charge >= 0.3 is 5.69 Å². The first-order chi connectivity index (χ1) is 9.50. The van der Waals surface area contributed by atoms with E-state index in [4.69, 9.17) is 0 Å². The number of anilines is 1. The molecular formula is C11H13N5O4. The Morgan fingerprint density at radius 3 is 2.75 bits per heavy atom. The molecule has 1 N–H and O–H groups in total. The van der Waals surface area contributed by atoms with Gasteiger partial charge in [-0.15, -0.1) is 0 Å². The van der Waals surface area contributed by atoms with Crippen molar-refractivity contribution in [3.8, 4) is 0 Å². The zero-order valence-electron chi connectivity index (χ0n) is 11.0. The first kappa shape index (κ1) is 13.7. The molecule has 1 amide bonds. The van der Waals surface area contributed by atoms with Crippen LogP contribution in [0.3, 0.4) is 0 Å². The number of nitrogens with one attached hydrogen (secondary N) is 1. The highest BCUT2D eigenvalue weighted by Gasteiger charge is 2.19. The monoisotopic (exact) mass is 279 g/mol. The molecule has 0 atom stereocenters. The summed E-state index contributed by atoms with van der Waals surface area (Å²) in [5.74, 6) is -0.0195. The van der Waals surface area contributed by atoms with Gasteiger partial charge in [0.1, 0.15) is 0 Å². The van der Waals surface area contributed by atoms with Gasteiger partial charge in [-0.3, -0.25) is 14.9 Å². The van der Waals surface area contributed by atoms with E-state index in [1.165, 1.54) is 17.0 Å². The third kappa shape index (κ3) is 2.66. The summed E-state index contributed by atoms with van der Waals surface area (Å²) in [6, 6.07) is 2.84. The maximum absolute atomic E-state index is 11.4. The number of amides is 1. The van der Waals surface area contributed by atoms with E-state index in [1.54, 1.807) is 14.1 Å². The van der Waals surface area contributed by atoms with Crippen LogP contribution in [0.15, 0.2) is 16.8 Å². The van der Waals surface area contributed by atoms with Crippen molar-refractivity contribution in [1.82, 2.24) is 15.2 Å². The van der Waals surface area contributed by atoms with E-state index < -0.39 is 4.92 Å². The van der Waals surface area contributed by atoms with Gasteiger partial charge in [0.05, 0.1) is 10.6 Å². The fraction of sp³-hybridized carbons (Fsp3) is 0.364. The van der Waals surface area contributed by atoms with Gasteiger partial charge in [0.15, 0.2) is 5.52 Å². The summed E-state index contributed by atoms with van der Waals surface area (Å²) in [5, 5.41) is 21.0. The normalized spacial score (nSPS) is 10.5. The van der Waals surface area contributed by atoms with Gasteiger partial charge in [0.25, 0.3) is 0 Å². The number of nitro benzene ring substituents is 1. The van der Waals surface area contributed by atoms with Crippen molar-refractivity contribution < 1.29 is 14.3 Å². The van der Waals surface area contributed by atoms with Crippen LogP contribution in [0.25, 0.3) is 11.0 Å². The van der Waals surface area contributed by atoms with Gasteiger partial charge in [-0.05, 0) is 16.4 Å². The molecule has 0 saturated carbocycles. The van der Waals surface area contributed by atoms with Gasteiger partial charge in [0.2, 0.25) is 11.4 Å². The Balaban J connectivity index is 2.16.